The van der Waals surface area contributed by atoms with Gasteiger partial charge < -0.3 is 4.42 Å². The molecule has 0 fully saturated rings. The highest BCUT2D eigenvalue weighted by atomic mass is 16.4. The van der Waals surface area contributed by atoms with Crippen LogP contribution in [0.4, 0.5) is 0 Å². The molecule has 1 aromatic heterocycles. The van der Waals surface area contributed by atoms with E-state index < -0.39 is 0 Å². The topological polar surface area (TPSA) is 26.0 Å². The third kappa shape index (κ3) is 2.72. The Balaban J connectivity index is 0.000000606. The van der Waals surface area contributed by atoms with E-state index in [0.717, 1.165) is 29.3 Å². The van der Waals surface area contributed by atoms with E-state index in [1.165, 1.54) is 0 Å². The molecule has 0 saturated heterocycles. The summed E-state index contributed by atoms with van der Waals surface area (Å²) in [5.74, 6) is 1.70. The van der Waals surface area contributed by atoms with Crippen LogP contribution in [0, 0.1) is 6.92 Å². The zero-order valence-corrected chi connectivity index (χ0v) is 10.4. The largest absolute Gasteiger partial charge is 0.445 e. The Bertz CT molecular complexity index is 418. The Morgan fingerprint density at radius 2 is 1.75 bits per heavy atom. The molecule has 0 radical (unpaired) electrons. The summed E-state index contributed by atoms with van der Waals surface area (Å²) in [6, 6.07) is 10.1. The lowest BCUT2D eigenvalue weighted by Gasteiger charge is -1.97. The fourth-order valence-corrected chi connectivity index (χ4v) is 1.53. The quantitative estimate of drug-likeness (QED) is 0.752. The fourth-order valence-electron chi connectivity index (χ4n) is 1.53. The number of nitrogens with zero attached hydrogens (tertiary/aromatic N) is 1. The van der Waals surface area contributed by atoms with Gasteiger partial charge in [0, 0.05) is 18.9 Å². The van der Waals surface area contributed by atoms with Crippen molar-refractivity contribution in [1.82, 2.24) is 4.98 Å². The molecule has 2 rings (SSSR count). The Hall–Kier alpha value is -1.57. The maximum Gasteiger partial charge on any atom is 0.191 e. The first-order valence-electron chi connectivity index (χ1n) is 5.83. The second-order valence-electron chi connectivity index (χ2n) is 3.22. The van der Waals surface area contributed by atoms with Crippen molar-refractivity contribution in [3.8, 4) is 11.3 Å². The Morgan fingerprint density at radius 3 is 2.31 bits per heavy atom. The van der Waals surface area contributed by atoms with E-state index in [4.69, 9.17) is 4.42 Å². The van der Waals surface area contributed by atoms with Gasteiger partial charge >= 0.3 is 0 Å². The summed E-state index contributed by atoms with van der Waals surface area (Å²) in [6.07, 6.45) is 0.880. The first kappa shape index (κ1) is 12.5. The average Bonchev–Trinajstić information content (AvgIpc) is 2.74. The van der Waals surface area contributed by atoms with E-state index in [2.05, 4.69) is 24.0 Å². The molecule has 2 heteroatoms. The minimum atomic E-state index is 0.737. The van der Waals surface area contributed by atoms with Crippen molar-refractivity contribution < 1.29 is 4.42 Å². The number of benzene rings is 1. The van der Waals surface area contributed by atoms with Crippen molar-refractivity contribution >= 4 is 0 Å². The number of oxazole rings is 1. The number of rotatable bonds is 2. The molecule has 0 spiro atoms. The Morgan fingerprint density at radius 1 is 1.12 bits per heavy atom. The van der Waals surface area contributed by atoms with Gasteiger partial charge in [0.1, 0.15) is 11.5 Å². The van der Waals surface area contributed by atoms with E-state index in [-0.39, 0.29) is 0 Å². The van der Waals surface area contributed by atoms with Crippen molar-refractivity contribution in [3.05, 3.63) is 42.0 Å². The second-order valence-corrected chi connectivity index (χ2v) is 3.22. The molecular weight excluding hydrogens is 198 g/mol. The normalized spacial score (nSPS) is 9.50. The molecule has 16 heavy (non-hydrogen) atoms. The standard InChI is InChI=1S/C12H13NO.C2H6/c1-3-11-12(13-9(2)14-11)10-7-5-4-6-8-10;1-2/h4-8H,3H2,1-2H3;1-2H3. The van der Waals surface area contributed by atoms with E-state index in [9.17, 15) is 0 Å². The van der Waals surface area contributed by atoms with Crippen LogP contribution in [0.2, 0.25) is 0 Å². The highest BCUT2D eigenvalue weighted by molar-refractivity contribution is 5.60. The third-order valence-corrected chi connectivity index (χ3v) is 2.17. The minimum Gasteiger partial charge on any atom is -0.445 e. The number of hydrogen-bond donors (Lipinski definition) is 0. The van der Waals surface area contributed by atoms with Gasteiger partial charge in [-0.15, -0.1) is 0 Å². The number of aryl methyl sites for hydroxylation is 2. The molecule has 0 unspecified atom stereocenters. The molecule has 0 aliphatic heterocycles. The Labute approximate surface area is 97.3 Å². The molecule has 0 N–H and O–H groups in total. The number of aromatic nitrogens is 1. The molecule has 1 heterocycles. The van der Waals surface area contributed by atoms with Gasteiger partial charge in [-0.25, -0.2) is 4.98 Å². The summed E-state index contributed by atoms with van der Waals surface area (Å²) in [5.41, 5.74) is 2.10. The van der Waals surface area contributed by atoms with Gasteiger partial charge in [0.05, 0.1) is 0 Å². The lowest BCUT2D eigenvalue weighted by atomic mass is 10.1. The molecule has 0 bridgehead atoms. The summed E-state index contributed by atoms with van der Waals surface area (Å²) >= 11 is 0. The van der Waals surface area contributed by atoms with Crippen LogP contribution in [0.5, 0.6) is 0 Å². The third-order valence-electron chi connectivity index (χ3n) is 2.17. The van der Waals surface area contributed by atoms with Crippen molar-refractivity contribution in [1.29, 1.82) is 0 Å². The molecule has 86 valence electrons. The number of hydrogen-bond acceptors (Lipinski definition) is 2. The zero-order chi connectivity index (χ0) is 12.0. The molecule has 0 amide bonds. The lowest BCUT2D eigenvalue weighted by molar-refractivity contribution is 0.480. The summed E-state index contributed by atoms with van der Waals surface area (Å²) in [5, 5.41) is 0. The molecule has 0 atom stereocenters. The SMILES string of the molecule is CC.CCc1oc(C)nc1-c1ccccc1. The summed E-state index contributed by atoms with van der Waals surface area (Å²) in [4.78, 5) is 4.39. The predicted molar refractivity (Wildman–Crippen MR) is 67.4 cm³/mol. The maximum absolute atomic E-state index is 5.51. The van der Waals surface area contributed by atoms with Crippen molar-refractivity contribution in [2.45, 2.75) is 34.1 Å². The predicted octanol–water partition coefficient (Wildman–Crippen LogP) is 4.24. The molecule has 2 nitrogen and oxygen atoms in total. The molecule has 0 saturated carbocycles. The van der Waals surface area contributed by atoms with Crippen molar-refractivity contribution in [2.75, 3.05) is 0 Å². The molecule has 2 aromatic rings. The van der Waals surface area contributed by atoms with Crippen LogP contribution in [0.1, 0.15) is 32.4 Å². The average molecular weight is 217 g/mol. The first-order chi connectivity index (χ1) is 7.81. The minimum absolute atomic E-state index is 0.737. The summed E-state index contributed by atoms with van der Waals surface area (Å²) < 4.78 is 5.51. The second kappa shape index (κ2) is 6.11. The van der Waals surface area contributed by atoms with Crippen molar-refractivity contribution in [3.63, 3.8) is 0 Å². The Kier molecular flexibility index (Phi) is 4.77. The van der Waals surface area contributed by atoms with Gasteiger partial charge in [0.15, 0.2) is 5.89 Å². The van der Waals surface area contributed by atoms with E-state index in [1.807, 2.05) is 39.0 Å². The fraction of sp³-hybridized carbons (Fsp3) is 0.357. The van der Waals surface area contributed by atoms with Gasteiger partial charge in [-0.1, -0.05) is 51.1 Å². The van der Waals surface area contributed by atoms with Crippen LogP contribution >= 0.6 is 0 Å². The molecule has 0 aliphatic rings. The summed E-state index contributed by atoms with van der Waals surface area (Å²) in [6.45, 7) is 7.96. The van der Waals surface area contributed by atoms with Crippen molar-refractivity contribution in [2.24, 2.45) is 0 Å². The molecular formula is C14H19NO. The monoisotopic (exact) mass is 217 g/mol. The van der Waals surface area contributed by atoms with Crippen LogP contribution in [0.3, 0.4) is 0 Å². The van der Waals surface area contributed by atoms with E-state index in [0.29, 0.717) is 0 Å². The van der Waals surface area contributed by atoms with Gasteiger partial charge in [-0.3, -0.25) is 0 Å². The van der Waals surface area contributed by atoms with Gasteiger partial charge in [0.2, 0.25) is 0 Å². The van der Waals surface area contributed by atoms with Crippen LogP contribution in [0.15, 0.2) is 34.7 Å². The summed E-state index contributed by atoms with van der Waals surface area (Å²) in [7, 11) is 0. The van der Waals surface area contributed by atoms with Gasteiger partial charge in [0.25, 0.3) is 0 Å². The highest BCUT2D eigenvalue weighted by Crippen LogP contribution is 2.23. The van der Waals surface area contributed by atoms with Crippen LogP contribution in [-0.2, 0) is 6.42 Å². The smallest absolute Gasteiger partial charge is 0.191 e. The van der Waals surface area contributed by atoms with Crippen LogP contribution < -0.4 is 0 Å². The van der Waals surface area contributed by atoms with Crippen LogP contribution in [0.25, 0.3) is 11.3 Å². The maximum atomic E-state index is 5.51. The lowest BCUT2D eigenvalue weighted by Crippen LogP contribution is -1.83. The van der Waals surface area contributed by atoms with Gasteiger partial charge in [-0.2, -0.15) is 0 Å². The van der Waals surface area contributed by atoms with Gasteiger partial charge in [-0.05, 0) is 0 Å². The molecule has 1 aromatic carbocycles. The zero-order valence-electron chi connectivity index (χ0n) is 10.4. The van der Waals surface area contributed by atoms with E-state index >= 15 is 0 Å². The highest BCUT2D eigenvalue weighted by Gasteiger charge is 2.10. The van der Waals surface area contributed by atoms with E-state index in [1.54, 1.807) is 0 Å². The molecule has 0 aliphatic carbocycles. The van der Waals surface area contributed by atoms with Crippen LogP contribution in [-0.4, -0.2) is 4.98 Å². The first-order valence-corrected chi connectivity index (χ1v) is 5.83.